The predicted octanol–water partition coefficient (Wildman–Crippen LogP) is 2.36. The fraction of sp³-hybridized carbons (Fsp3) is 0.333. The van der Waals surface area contributed by atoms with Gasteiger partial charge in [-0.2, -0.15) is 0 Å². The summed E-state index contributed by atoms with van der Waals surface area (Å²) in [6.45, 7) is 1.93. The van der Waals surface area contributed by atoms with Crippen molar-refractivity contribution in [3.05, 3.63) is 36.0 Å². The number of rotatable bonds is 3. The van der Waals surface area contributed by atoms with Gasteiger partial charge in [0.15, 0.2) is 0 Å². The van der Waals surface area contributed by atoms with Crippen molar-refractivity contribution in [3.63, 3.8) is 0 Å². The number of halogens is 1. The molecule has 1 aromatic heterocycles. The summed E-state index contributed by atoms with van der Waals surface area (Å²) in [5.74, 6) is 0. The van der Waals surface area contributed by atoms with Crippen LogP contribution < -0.4 is 5.73 Å². The zero-order chi connectivity index (χ0) is 10.8. The molecule has 88 valence electrons. The van der Waals surface area contributed by atoms with Gasteiger partial charge in [-0.05, 0) is 24.1 Å². The van der Waals surface area contributed by atoms with Crippen LogP contribution in [0.1, 0.15) is 24.9 Å². The number of hydrogen-bond donors (Lipinski definition) is 3. The van der Waals surface area contributed by atoms with Crippen LogP contribution in [0, 0.1) is 0 Å². The highest BCUT2D eigenvalue weighted by atomic mass is 35.5. The number of H-pyrrole nitrogens is 1. The number of nitrogens with one attached hydrogen (secondary N) is 1. The zero-order valence-corrected chi connectivity index (χ0v) is 10.00. The lowest BCUT2D eigenvalue weighted by molar-refractivity contribution is 0.141. The summed E-state index contributed by atoms with van der Waals surface area (Å²) in [6.07, 6.45) is 2.08. The van der Waals surface area contributed by atoms with Gasteiger partial charge >= 0.3 is 0 Å². The standard InChI is InChI=1S/C12H16N2O.ClH/c1-2-11(15)12(13)9-4-3-5-10-8(9)6-7-14-10;/h3-7,11-12,14-15H,2,13H2,1H3;1H/t11-,12+;/m0./s1. The summed E-state index contributed by atoms with van der Waals surface area (Å²) in [5.41, 5.74) is 8.07. The Balaban J connectivity index is 0.00000128. The van der Waals surface area contributed by atoms with E-state index in [-0.39, 0.29) is 18.4 Å². The Morgan fingerprint density at radius 3 is 2.81 bits per heavy atom. The third-order valence-electron chi connectivity index (χ3n) is 2.82. The number of fused-ring (bicyclic) bond motifs is 1. The molecule has 4 heteroatoms. The Labute approximate surface area is 101 Å². The Morgan fingerprint density at radius 2 is 2.12 bits per heavy atom. The summed E-state index contributed by atoms with van der Waals surface area (Å²) in [6, 6.07) is 7.61. The lowest BCUT2D eigenvalue weighted by atomic mass is 9.97. The number of aliphatic hydroxyl groups excluding tert-OH is 1. The molecule has 0 saturated carbocycles. The Kier molecular flexibility index (Phi) is 4.35. The zero-order valence-electron chi connectivity index (χ0n) is 9.18. The van der Waals surface area contributed by atoms with E-state index in [0.29, 0.717) is 6.42 Å². The van der Waals surface area contributed by atoms with Crippen LogP contribution in [-0.2, 0) is 0 Å². The van der Waals surface area contributed by atoms with Gasteiger partial charge in [-0.1, -0.05) is 19.1 Å². The maximum Gasteiger partial charge on any atom is 0.0730 e. The highest BCUT2D eigenvalue weighted by Crippen LogP contribution is 2.24. The largest absolute Gasteiger partial charge is 0.391 e. The fourth-order valence-electron chi connectivity index (χ4n) is 1.86. The fourth-order valence-corrected chi connectivity index (χ4v) is 1.86. The second-order valence-corrected chi connectivity index (χ2v) is 3.79. The molecule has 0 unspecified atom stereocenters. The summed E-state index contributed by atoms with van der Waals surface area (Å²) < 4.78 is 0. The van der Waals surface area contributed by atoms with Gasteiger partial charge < -0.3 is 15.8 Å². The molecule has 4 N–H and O–H groups in total. The van der Waals surface area contributed by atoms with Crippen molar-refractivity contribution in [2.24, 2.45) is 5.73 Å². The maximum atomic E-state index is 9.74. The quantitative estimate of drug-likeness (QED) is 0.771. The molecule has 16 heavy (non-hydrogen) atoms. The predicted molar refractivity (Wildman–Crippen MR) is 68.8 cm³/mol. The molecular weight excluding hydrogens is 224 g/mol. The molecule has 0 spiro atoms. The van der Waals surface area contributed by atoms with Crippen LogP contribution in [0.2, 0.25) is 0 Å². The summed E-state index contributed by atoms with van der Waals surface area (Å²) >= 11 is 0. The normalized spacial score (nSPS) is 14.4. The van der Waals surface area contributed by atoms with Crippen LogP contribution in [0.4, 0.5) is 0 Å². The van der Waals surface area contributed by atoms with E-state index < -0.39 is 6.10 Å². The van der Waals surface area contributed by atoms with Crippen molar-refractivity contribution < 1.29 is 5.11 Å². The number of aromatic nitrogens is 1. The molecule has 0 aliphatic rings. The average Bonchev–Trinajstić information content (AvgIpc) is 2.74. The van der Waals surface area contributed by atoms with Gasteiger partial charge in [-0.3, -0.25) is 0 Å². The van der Waals surface area contributed by atoms with Gasteiger partial charge in [0.25, 0.3) is 0 Å². The van der Waals surface area contributed by atoms with E-state index in [1.165, 1.54) is 0 Å². The van der Waals surface area contributed by atoms with E-state index in [9.17, 15) is 5.11 Å². The molecule has 1 heterocycles. The Hall–Kier alpha value is -1.03. The van der Waals surface area contributed by atoms with Crippen molar-refractivity contribution in [2.45, 2.75) is 25.5 Å². The number of hydrogen-bond acceptors (Lipinski definition) is 2. The first-order valence-corrected chi connectivity index (χ1v) is 5.23. The molecule has 0 radical (unpaired) electrons. The van der Waals surface area contributed by atoms with E-state index >= 15 is 0 Å². The second kappa shape index (κ2) is 5.34. The van der Waals surface area contributed by atoms with Gasteiger partial charge in [0.2, 0.25) is 0 Å². The Bertz CT molecular complexity index is 455. The minimum Gasteiger partial charge on any atom is -0.391 e. The first-order chi connectivity index (χ1) is 7.24. The van der Waals surface area contributed by atoms with Crippen LogP contribution in [0.15, 0.2) is 30.5 Å². The van der Waals surface area contributed by atoms with Gasteiger partial charge in [0.1, 0.15) is 0 Å². The summed E-state index contributed by atoms with van der Waals surface area (Å²) in [7, 11) is 0. The molecule has 1 aromatic carbocycles. The van der Waals surface area contributed by atoms with Crippen molar-refractivity contribution in [1.82, 2.24) is 4.98 Å². The molecule has 0 amide bonds. The molecule has 3 nitrogen and oxygen atoms in total. The molecule has 2 atom stereocenters. The van der Waals surface area contributed by atoms with Crippen molar-refractivity contribution in [2.75, 3.05) is 0 Å². The van der Waals surface area contributed by atoms with Crippen LogP contribution >= 0.6 is 12.4 Å². The van der Waals surface area contributed by atoms with Crippen LogP contribution in [0.3, 0.4) is 0 Å². The number of nitrogens with two attached hydrogens (primary N) is 1. The van der Waals surface area contributed by atoms with E-state index in [4.69, 9.17) is 5.73 Å². The highest BCUT2D eigenvalue weighted by molar-refractivity contribution is 5.85. The minimum atomic E-state index is -0.481. The third-order valence-corrected chi connectivity index (χ3v) is 2.82. The van der Waals surface area contributed by atoms with Crippen LogP contribution in [0.25, 0.3) is 10.9 Å². The Morgan fingerprint density at radius 1 is 1.38 bits per heavy atom. The van der Waals surface area contributed by atoms with E-state index in [2.05, 4.69) is 4.98 Å². The molecule has 0 fully saturated rings. The first kappa shape index (κ1) is 13.0. The summed E-state index contributed by atoms with van der Waals surface area (Å²) in [4.78, 5) is 3.13. The van der Waals surface area contributed by atoms with E-state index in [0.717, 1.165) is 16.5 Å². The molecular formula is C12H17ClN2O. The van der Waals surface area contributed by atoms with Gasteiger partial charge in [0, 0.05) is 17.1 Å². The van der Waals surface area contributed by atoms with Gasteiger partial charge in [-0.15, -0.1) is 12.4 Å². The summed E-state index contributed by atoms with van der Waals surface area (Å²) in [5, 5.41) is 10.8. The van der Waals surface area contributed by atoms with Gasteiger partial charge in [0.05, 0.1) is 12.1 Å². The molecule has 0 aliphatic carbocycles. The highest BCUT2D eigenvalue weighted by Gasteiger charge is 2.17. The first-order valence-electron chi connectivity index (χ1n) is 5.23. The monoisotopic (exact) mass is 240 g/mol. The van der Waals surface area contributed by atoms with Crippen LogP contribution in [0.5, 0.6) is 0 Å². The van der Waals surface area contributed by atoms with E-state index in [1.807, 2.05) is 37.4 Å². The van der Waals surface area contributed by atoms with Crippen molar-refractivity contribution >= 4 is 23.3 Å². The van der Waals surface area contributed by atoms with Gasteiger partial charge in [-0.25, -0.2) is 0 Å². The molecule has 2 rings (SSSR count). The molecule has 2 aromatic rings. The smallest absolute Gasteiger partial charge is 0.0730 e. The molecule has 0 bridgehead atoms. The van der Waals surface area contributed by atoms with E-state index in [1.54, 1.807) is 0 Å². The number of aliphatic hydroxyl groups is 1. The number of benzene rings is 1. The lowest BCUT2D eigenvalue weighted by Crippen LogP contribution is -2.25. The van der Waals surface area contributed by atoms with Crippen molar-refractivity contribution in [1.29, 1.82) is 0 Å². The third kappa shape index (κ3) is 2.21. The SMILES string of the molecule is CC[C@H](O)[C@H](N)c1cccc2[nH]ccc12.Cl. The second-order valence-electron chi connectivity index (χ2n) is 3.79. The minimum absolute atomic E-state index is 0. The maximum absolute atomic E-state index is 9.74. The van der Waals surface area contributed by atoms with Crippen LogP contribution in [-0.4, -0.2) is 16.2 Å². The molecule has 0 saturated heterocycles. The average molecular weight is 241 g/mol. The number of aromatic amines is 1. The molecule has 0 aliphatic heterocycles. The topological polar surface area (TPSA) is 62.0 Å². The lowest BCUT2D eigenvalue weighted by Gasteiger charge is -2.18. The van der Waals surface area contributed by atoms with Crippen molar-refractivity contribution in [3.8, 4) is 0 Å².